The molecule has 32 heavy (non-hydrogen) atoms. The molecule has 7 nitrogen and oxygen atoms in total. The molecule has 0 bridgehead atoms. The number of benzene rings is 1. The van der Waals surface area contributed by atoms with Crippen LogP contribution in [-0.4, -0.2) is 64.9 Å². The molecule has 0 spiro atoms. The molecular formula is C24H30FN5O2. The molecule has 2 aromatic rings. The highest BCUT2D eigenvalue weighted by Gasteiger charge is 2.44. The maximum Gasteiger partial charge on any atom is 0.239 e. The zero-order chi connectivity index (χ0) is 22.5. The SMILES string of the molecule is CN1C(CCC(=O)NCc2cccnc2)CNC(=O)C2C1CCN2Cc1ccc(F)cc1. The molecule has 2 amide bonds. The number of hydrogen-bond donors (Lipinski definition) is 2. The highest BCUT2D eigenvalue weighted by molar-refractivity contribution is 5.83. The maximum atomic E-state index is 13.2. The molecule has 170 valence electrons. The fraction of sp³-hybridized carbons (Fsp3) is 0.458. The number of rotatable bonds is 7. The Kier molecular flexibility index (Phi) is 7.12. The first-order valence-corrected chi connectivity index (χ1v) is 11.1. The third-order valence-corrected chi connectivity index (χ3v) is 6.57. The molecule has 3 heterocycles. The largest absolute Gasteiger partial charge is 0.353 e. The van der Waals surface area contributed by atoms with Gasteiger partial charge in [-0.25, -0.2) is 4.39 Å². The predicted octanol–water partition coefficient (Wildman–Crippen LogP) is 1.69. The third-order valence-electron chi connectivity index (χ3n) is 6.57. The number of carbonyl (C=O) groups is 2. The van der Waals surface area contributed by atoms with Crippen molar-refractivity contribution in [2.45, 2.75) is 50.5 Å². The lowest BCUT2D eigenvalue weighted by atomic mass is 10.0. The summed E-state index contributed by atoms with van der Waals surface area (Å²) in [5.41, 5.74) is 1.96. The van der Waals surface area contributed by atoms with Gasteiger partial charge in [-0.1, -0.05) is 18.2 Å². The van der Waals surface area contributed by atoms with Crippen molar-refractivity contribution in [3.05, 3.63) is 65.7 Å². The summed E-state index contributed by atoms with van der Waals surface area (Å²) in [4.78, 5) is 33.8. The quantitative estimate of drug-likeness (QED) is 0.687. The van der Waals surface area contributed by atoms with Crippen molar-refractivity contribution < 1.29 is 14.0 Å². The fourth-order valence-corrected chi connectivity index (χ4v) is 4.74. The third kappa shape index (κ3) is 5.31. The number of amides is 2. The summed E-state index contributed by atoms with van der Waals surface area (Å²) >= 11 is 0. The number of halogens is 1. The van der Waals surface area contributed by atoms with Gasteiger partial charge < -0.3 is 10.6 Å². The molecule has 2 fully saturated rings. The summed E-state index contributed by atoms with van der Waals surface area (Å²) in [7, 11) is 2.05. The molecular weight excluding hydrogens is 409 g/mol. The average molecular weight is 440 g/mol. The molecule has 1 aromatic heterocycles. The molecule has 3 atom stereocenters. The number of likely N-dealkylation sites (tertiary alicyclic amines) is 1. The van der Waals surface area contributed by atoms with Crippen LogP contribution in [0.25, 0.3) is 0 Å². The second-order valence-electron chi connectivity index (χ2n) is 8.64. The van der Waals surface area contributed by atoms with E-state index in [0.29, 0.717) is 32.5 Å². The van der Waals surface area contributed by atoms with Crippen LogP contribution in [0.5, 0.6) is 0 Å². The lowest BCUT2D eigenvalue weighted by Gasteiger charge is -2.33. The minimum Gasteiger partial charge on any atom is -0.353 e. The van der Waals surface area contributed by atoms with Gasteiger partial charge in [0, 0.05) is 57.1 Å². The van der Waals surface area contributed by atoms with Gasteiger partial charge in [0.15, 0.2) is 0 Å². The minimum absolute atomic E-state index is 0.00117. The van der Waals surface area contributed by atoms with E-state index in [1.165, 1.54) is 12.1 Å². The zero-order valence-corrected chi connectivity index (χ0v) is 18.3. The maximum absolute atomic E-state index is 13.2. The molecule has 2 aliphatic rings. The number of aromatic nitrogens is 1. The molecule has 0 saturated carbocycles. The normalized spacial score (nSPS) is 23.9. The molecule has 1 aromatic carbocycles. The summed E-state index contributed by atoms with van der Waals surface area (Å²) in [5.74, 6) is -0.226. The molecule has 2 N–H and O–H groups in total. The van der Waals surface area contributed by atoms with E-state index in [4.69, 9.17) is 0 Å². The highest BCUT2D eigenvalue weighted by atomic mass is 19.1. The number of likely N-dealkylation sites (N-methyl/N-ethyl adjacent to an activating group) is 1. The summed E-state index contributed by atoms with van der Waals surface area (Å²) in [6.45, 7) is 2.42. The number of fused-ring (bicyclic) bond motifs is 1. The molecule has 2 aliphatic heterocycles. The van der Waals surface area contributed by atoms with E-state index in [1.54, 1.807) is 24.5 Å². The molecule has 0 radical (unpaired) electrons. The number of pyridine rings is 1. The van der Waals surface area contributed by atoms with Crippen molar-refractivity contribution in [2.24, 2.45) is 0 Å². The Balaban J connectivity index is 1.32. The Morgan fingerprint density at radius 3 is 2.81 bits per heavy atom. The van der Waals surface area contributed by atoms with Crippen molar-refractivity contribution in [3.63, 3.8) is 0 Å². The van der Waals surface area contributed by atoms with Gasteiger partial charge in [-0.2, -0.15) is 0 Å². The highest BCUT2D eigenvalue weighted by Crippen LogP contribution is 2.28. The van der Waals surface area contributed by atoms with Gasteiger partial charge in [0.05, 0.1) is 0 Å². The van der Waals surface area contributed by atoms with Crippen molar-refractivity contribution in [1.82, 2.24) is 25.4 Å². The average Bonchev–Trinajstić information content (AvgIpc) is 3.18. The van der Waals surface area contributed by atoms with Crippen LogP contribution < -0.4 is 10.6 Å². The van der Waals surface area contributed by atoms with Crippen molar-refractivity contribution >= 4 is 11.8 Å². The molecule has 0 aliphatic carbocycles. The number of carbonyl (C=O) groups excluding carboxylic acids is 2. The summed E-state index contributed by atoms with van der Waals surface area (Å²) in [6, 6.07) is 10.2. The Hall–Kier alpha value is -2.84. The van der Waals surface area contributed by atoms with E-state index in [0.717, 1.165) is 24.1 Å². The lowest BCUT2D eigenvalue weighted by Crippen LogP contribution is -2.49. The van der Waals surface area contributed by atoms with Gasteiger partial charge in [0.1, 0.15) is 11.9 Å². The first kappa shape index (κ1) is 22.4. The molecule has 8 heteroatoms. The number of nitrogens with one attached hydrogen (secondary N) is 2. The summed E-state index contributed by atoms with van der Waals surface area (Å²) in [6.07, 6.45) is 5.42. The van der Waals surface area contributed by atoms with Gasteiger partial charge in [-0.15, -0.1) is 0 Å². The van der Waals surface area contributed by atoms with Crippen LogP contribution in [0, 0.1) is 5.82 Å². The Bertz CT molecular complexity index is 924. The second-order valence-corrected chi connectivity index (χ2v) is 8.64. The van der Waals surface area contributed by atoms with Crippen LogP contribution in [0.3, 0.4) is 0 Å². The van der Waals surface area contributed by atoms with Gasteiger partial charge in [0.25, 0.3) is 0 Å². The van der Waals surface area contributed by atoms with Crippen LogP contribution >= 0.6 is 0 Å². The standard InChI is InChI=1S/C24H30FN5O2/c1-29-20(8-9-22(31)27-14-18-3-2-11-26-13-18)15-28-24(32)23-21(29)10-12-30(23)16-17-4-6-19(25)7-5-17/h2-7,11,13,20-21,23H,8-10,12,14-16H2,1H3,(H,27,31)(H,28,32). The number of hydrogen-bond acceptors (Lipinski definition) is 5. The van der Waals surface area contributed by atoms with Crippen LogP contribution in [0.1, 0.15) is 30.4 Å². The van der Waals surface area contributed by atoms with Gasteiger partial charge in [0.2, 0.25) is 11.8 Å². The second kappa shape index (κ2) is 10.2. The smallest absolute Gasteiger partial charge is 0.239 e. The zero-order valence-electron chi connectivity index (χ0n) is 18.3. The van der Waals surface area contributed by atoms with E-state index in [1.807, 2.05) is 12.1 Å². The van der Waals surface area contributed by atoms with Crippen LogP contribution in [0.2, 0.25) is 0 Å². The number of nitrogens with zero attached hydrogens (tertiary/aromatic N) is 3. The van der Waals surface area contributed by atoms with Gasteiger partial charge in [-0.05, 0) is 49.2 Å². The van der Waals surface area contributed by atoms with E-state index < -0.39 is 0 Å². The lowest BCUT2D eigenvalue weighted by molar-refractivity contribution is -0.126. The van der Waals surface area contributed by atoms with Crippen LogP contribution in [0.4, 0.5) is 4.39 Å². The minimum atomic E-state index is -0.257. The molecule has 2 saturated heterocycles. The van der Waals surface area contributed by atoms with E-state index in [-0.39, 0.29) is 35.8 Å². The van der Waals surface area contributed by atoms with Gasteiger partial charge in [-0.3, -0.25) is 24.4 Å². The predicted molar refractivity (Wildman–Crippen MR) is 119 cm³/mol. The first-order valence-electron chi connectivity index (χ1n) is 11.1. The fourth-order valence-electron chi connectivity index (χ4n) is 4.74. The monoisotopic (exact) mass is 439 g/mol. The molecule has 3 unspecified atom stereocenters. The van der Waals surface area contributed by atoms with Crippen molar-refractivity contribution in [3.8, 4) is 0 Å². The van der Waals surface area contributed by atoms with E-state index in [2.05, 4.69) is 32.5 Å². The van der Waals surface area contributed by atoms with Gasteiger partial charge >= 0.3 is 0 Å². The van der Waals surface area contributed by atoms with Crippen LogP contribution in [-0.2, 0) is 22.7 Å². The Morgan fingerprint density at radius 1 is 1.25 bits per heavy atom. The van der Waals surface area contributed by atoms with E-state index in [9.17, 15) is 14.0 Å². The summed E-state index contributed by atoms with van der Waals surface area (Å²) in [5, 5.41) is 6.02. The van der Waals surface area contributed by atoms with E-state index >= 15 is 0 Å². The first-order chi connectivity index (χ1) is 15.5. The Labute approximate surface area is 188 Å². The summed E-state index contributed by atoms with van der Waals surface area (Å²) < 4.78 is 13.2. The topological polar surface area (TPSA) is 77.6 Å². The van der Waals surface area contributed by atoms with Crippen molar-refractivity contribution in [1.29, 1.82) is 0 Å². The van der Waals surface area contributed by atoms with Crippen molar-refractivity contribution in [2.75, 3.05) is 20.1 Å². The molecule has 4 rings (SSSR count). The van der Waals surface area contributed by atoms with Crippen LogP contribution in [0.15, 0.2) is 48.8 Å². The Morgan fingerprint density at radius 2 is 2.06 bits per heavy atom.